The molecule has 1 rings (SSSR count). The first kappa shape index (κ1) is 17.8. The largest absolute Gasteiger partial charge is 0.574 e. The highest BCUT2D eigenvalue weighted by atomic mass is 35.7. The van der Waals surface area contributed by atoms with Crippen LogP contribution in [0.5, 0.6) is 5.88 Å². The average Bonchev–Trinajstić information content (AvgIpc) is 2.23. The number of nitrogens with zero attached hydrogens (tertiary/aromatic N) is 1. The van der Waals surface area contributed by atoms with Crippen molar-refractivity contribution >= 4 is 19.7 Å². The molecule has 2 N–H and O–H groups in total. The molecule has 0 aliphatic rings. The zero-order valence-corrected chi connectivity index (χ0v) is 11.2. The molecule has 0 radical (unpaired) electrons. The molecule has 0 bridgehead atoms. The fraction of sp³-hybridized carbons (Fsp3) is 0.375. The van der Waals surface area contributed by atoms with Crippen molar-refractivity contribution in [3.05, 3.63) is 17.3 Å². The third-order valence-electron chi connectivity index (χ3n) is 2.05. The minimum atomic E-state index is -5.30. The first-order valence-electron chi connectivity index (χ1n) is 4.77. The fourth-order valence-corrected chi connectivity index (χ4v) is 2.80. The summed E-state index contributed by atoms with van der Waals surface area (Å²) in [6.45, 7) is -1.02. The van der Waals surface area contributed by atoms with Crippen molar-refractivity contribution in [3.8, 4) is 5.88 Å². The lowest BCUT2D eigenvalue weighted by atomic mass is 10.2. The van der Waals surface area contributed by atoms with Crippen LogP contribution in [0.2, 0.25) is 0 Å². The van der Waals surface area contributed by atoms with E-state index in [4.69, 9.17) is 16.4 Å². The van der Waals surface area contributed by atoms with Gasteiger partial charge in [0, 0.05) is 29.0 Å². The Morgan fingerprint density at radius 3 is 2.10 bits per heavy atom. The Morgan fingerprint density at radius 2 is 1.76 bits per heavy atom. The van der Waals surface area contributed by atoms with E-state index < -0.39 is 50.0 Å². The number of alkyl halides is 6. The molecule has 13 heteroatoms. The number of ether oxygens (including phenoxy) is 1. The minimum absolute atomic E-state index is 0.129. The van der Waals surface area contributed by atoms with Gasteiger partial charge in [-0.2, -0.15) is 13.2 Å². The van der Waals surface area contributed by atoms with Crippen molar-refractivity contribution < 1.29 is 39.5 Å². The van der Waals surface area contributed by atoms with Crippen LogP contribution in [0.3, 0.4) is 0 Å². The fourth-order valence-electron chi connectivity index (χ4n) is 1.38. The van der Waals surface area contributed by atoms with Gasteiger partial charge in [0.25, 0.3) is 9.05 Å². The van der Waals surface area contributed by atoms with Gasteiger partial charge in [-0.25, -0.2) is 13.4 Å². The highest BCUT2D eigenvalue weighted by Crippen LogP contribution is 2.40. The molecule has 0 saturated carbocycles. The summed E-state index contributed by atoms with van der Waals surface area (Å²) < 4.78 is 100. The van der Waals surface area contributed by atoms with Crippen molar-refractivity contribution in [1.82, 2.24) is 4.98 Å². The summed E-state index contributed by atoms with van der Waals surface area (Å²) >= 11 is 0. The van der Waals surface area contributed by atoms with Gasteiger partial charge in [-0.15, -0.1) is 13.2 Å². The van der Waals surface area contributed by atoms with E-state index in [1.165, 1.54) is 0 Å². The summed E-state index contributed by atoms with van der Waals surface area (Å²) in [7, 11) is -0.204. The van der Waals surface area contributed by atoms with Crippen molar-refractivity contribution in [2.75, 3.05) is 0 Å². The Balaban J connectivity index is 3.71. The Bertz CT molecular complexity index is 643. The molecule has 0 fully saturated rings. The number of aromatic nitrogens is 1. The molecular formula is C8H5ClF6N2O3S. The maximum atomic E-state index is 12.7. The van der Waals surface area contributed by atoms with Crippen LogP contribution >= 0.6 is 10.7 Å². The number of nitrogens with two attached hydrogens (primary N) is 1. The van der Waals surface area contributed by atoms with Gasteiger partial charge >= 0.3 is 12.5 Å². The Kier molecular flexibility index (Phi) is 4.65. The van der Waals surface area contributed by atoms with Crippen LogP contribution in [0.25, 0.3) is 0 Å². The Labute approximate surface area is 118 Å². The highest BCUT2D eigenvalue weighted by Gasteiger charge is 2.41. The molecule has 0 amide bonds. The molecule has 0 aliphatic heterocycles. The molecule has 1 aromatic rings. The van der Waals surface area contributed by atoms with E-state index in [-0.39, 0.29) is 6.20 Å². The van der Waals surface area contributed by atoms with Crippen LogP contribution in [0.1, 0.15) is 11.1 Å². The molecule has 5 nitrogen and oxygen atoms in total. The summed E-state index contributed by atoms with van der Waals surface area (Å²) in [6.07, 6.45) is -10.6. The third-order valence-corrected chi connectivity index (χ3v) is 3.47. The lowest BCUT2D eigenvalue weighted by Gasteiger charge is -2.17. The topological polar surface area (TPSA) is 82.3 Å². The summed E-state index contributed by atoms with van der Waals surface area (Å²) in [4.78, 5) is 1.19. The normalized spacial score (nSPS) is 13.3. The van der Waals surface area contributed by atoms with Gasteiger partial charge in [-0.3, -0.25) is 0 Å². The van der Waals surface area contributed by atoms with Crippen LogP contribution in [0.4, 0.5) is 26.3 Å². The molecule has 120 valence electrons. The molecule has 21 heavy (non-hydrogen) atoms. The van der Waals surface area contributed by atoms with Gasteiger partial charge in [0.15, 0.2) is 0 Å². The molecule has 0 saturated heterocycles. The van der Waals surface area contributed by atoms with E-state index >= 15 is 0 Å². The first-order chi connectivity index (χ1) is 9.27. The molecule has 0 spiro atoms. The minimum Gasteiger partial charge on any atom is -0.387 e. The van der Waals surface area contributed by atoms with E-state index in [1.807, 2.05) is 0 Å². The van der Waals surface area contributed by atoms with Crippen molar-refractivity contribution in [2.24, 2.45) is 5.73 Å². The van der Waals surface area contributed by atoms with E-state index in [1.54, 1.807) is 0 Å². The highest BCUT2D eigenvalue weighted by molar-refractivity contribution is 8.13. The summed E-state index contributed by atoms with van der Waals surface area (Å²) in [5, 5.41) is 0. The molecule has 1 heterocycles. The zero-order valence-electron chi connectivity index (χ0n) is 9.59. The predicted molar refractivity (Wildman–Crippen MR) is 56.9 cm³/mol. The maximum absolute atomic E-state index is 12.7. The van der Waals surface area contributed by atoms with Crippen LogP contribution in [0, 0.1) is 0 Å². The predicted octanol–water partition coefficient (Wildman–Crippen LogP) is 2.39. The van der Waals surface area contributed by atoms with Gasteiger partial charge in [-0.05, 0) is 0 Å². The molecule has 0 unspecified atom stereocenters. The lowest BCUT2D eigenvalue weighted by molar-refractivity contribution is -0.276. The van der Waals surface area contributed by atoms with Crippen molar-refractivity contribution in [1.29, 1.82) is 0 Å². The first-order valence-corrected chi connectivity index (χ1v) is 7.08. The maximum Gasteiger partial charge on any atom is 0.574 e. The molecule has 1 aromatic heterocycles. The summed E-state index contributed by atoms with van der Waals surface area (Å²) in [5.74, 6) is -1.42. The molecule has 0 aliphatic carbocycles. The summed E-state index contributed by atoms with van der Waals surface area (Å²) in [6, 6.07) is 0. The molecular weight excluding hydrogens is 354 g/mol. The van der Waals surface area contributed by atoms with Gasteiger partial charge in [0.2, 0.25) is 5.88 Å². The SMILES string of the molecule is NCc1c(OC(F)(F)F)ncc(C(F)(F)F)c1S(=O)(=O)Cl. The smallest absolute Gasteiger partial charge is 0.387 e. The van der Waals surface area contributed by atoms with Gasteiger partial charge in [0.05, 0.1) is 5.56 Å². The van der Waals surface area contributed by atoms with Gasteiger partial charge < -0.3 is 10.5 Å². The summed E-state index contributed by atoms with van der Waals surface area (Å²) in [5.41, 5.74) is 2.03. The van der Waals surface area contributed by atoms with Gasteiger partial charge in [-0.1, -0.05) is 0 Å². The number of hydrogen-bond acceptors (Lipinski definition) is 5. The quantitative estimate of drug-likeness (QED) is 0.662. The van der Waals surface area contributed by atoms with Crippen LogP contribution in [-0.2, 0) is 21.8 Å². The average molecular weight is 359 g/mol. The Hall–Kier alpha value is -1.27. The zero-order chi connectivity index (χ0) is 16.6. The molecule has 0 aromatic carbocycles. The van der Waals surface area contributed by atoms with Crippen LogP contribution in [0.15, 0.2) is 11.1 Å². The number of rotatable bonds is 3. The standard InChI is InChI=1S/C8H5ClF6N2O3S/c9-21(18,19)5-3(1-16)6(20-8(13,14)15)17-2-4(5)7(10,11)12/h2H,1,16H2. The number of pyridine rings is 1. The van der Waals surface area contributed by atoms with E-state index in [0.717, 1.165) is 0 Å². The van der Waals surface area contributed by atoms with E-state index in [9.17, 15) is 34.8 Å². The van der Waals surface area contributed by atoms with Crippen LogP contribution < -0.4 is 10.5 Å². The Morgan fingerprint density at radius 1 is 1.24 bits per heavy atom. The second-order valence-corrected chi connectivity index (χ2v) is 5.98. The second-order valence-electron chi connectivity index (χ2n) is 3.47. The lowest BCUT2D eigenvalue weighted by Crippen LogP contribution is -2.22. The van der Waals surface area contributed by atoms with Crippen molar-refractivity contribution in [2.45, 2.75) is 24.0 Å². The monoisotopic (exact) mass is 358 g/mol. The van der Waals surface area contributed by atoms with Gasteiger partial charge in [0.1, 0.15) is 4.90 Å². The number of hydrogen-bond donors (Lipinski definition) is 1. The van der Waals surface area contributed by atoms with Crippen molar-refractivity contribution in [3.63, 3.8) is 0 Å². The van der Waals surface area contributed by atoms with E-state index in [2.05, 4.69) is 9.72 Å². The second kappa shape index (κ2) is 5.50. The number of halogens is 7. The van der Waals surface area contributed by atoms with Crippen LogP contribution in [-0.4, -0.2) is 19.8 Å². The van der Waals surface area contributed by atoms with E-state index in [0.29, 0.717) is 0 Å². The third kappa shape index (κ3) is 4.35. The molecule has 0 atom stereocenters.